The normalized spacial score (nSPS) is 13.7. The van der Waals surface area contributed by atoms with Crippen LogP contribution in [0.4, 0.5) is 0 Å². The molecule has 0 aliphatic rings. The Kier molecular flexibility index (Phi) is 7.24. The quantitative estimate of drug-likeness (QED) is 0.397. The molecule has 10 heteroatoms. The molecule has 144 valence electrons. The molecule has 3 rings (SSSR count). The van der Waals surface area contributed by atoms with Gasteiger partial charge in [-0.3, -0.25) is 0 Å². The molecule has 0 fully saturated rings. The molecule has 0 aliphatic carbocycles. The van der Waals surface area contributed by atoms with Crippen LogP contribution in [0, 0.1) is 0 Å². The molecule has 6 nitrogen and oxygen atoms in total. The van der Waals surface area contributed by atoms with E-state index in [-0.39, 0.29) is 74.1 Å². The number of hydrogen-bond acceptors (Lipinski definition) is 4. The molecule has 28 heavy (non-hydrogen) atoms. The van der Waals surface area contributed by atoms with Crippen molar-refractivity contribution in [3.8, 4) is 0 Å². The van der Waals surface area contributed by atoms with Crippen LogP contribution >= 0.6 is 5.01 Å². The molecule has 0 saturated carbocycles. The van der Waals surface area contributed by atoms with E-state index in [9.17, 15) is 25.9 Å². The van der Waals surface area contributed by atoms with E-state index in [1.54, 1.807) is 18.2 Å². The summed E-state index contributed by atoms with van der Waals surface area (Å²) in [4.78, 5) is 0. The van der Waals surface area contributed by atoms with Gasteiger partial charge in [-0.05, 0) is 0 Å². The SMILES string of the molecule is O=S(=O)(O)P(c1ccccc1)(c1ccccc1)(c1ccccc1)S(=O)(=O)O.[RbH]. The van der Waals surface area contributed by atoms with Crippen LogP contribution in [-0.4, -0.2) is 84.1 Å². The average Bonchev–Trinajstić information content (AvgIpc) is 2.63. The second-order valence-electron chi connectivity index (χ2n) is 5.86. The molecule has 3 aromatic carbocycles. The van der Waals surface area contributed by atoms with Crippen LogP contribution in [-0.2, 0) is 19.5 Å². The summed E-state index contributed by atoms with van der Waals surface area (Å²) in [6.45, 7) is 0. The monoisotopic (exact) mass is 510 g/mol. The predicted octanol–water partition coefficient (Wildman–Crippen LogP) is 1.47. The van der Waals surface area contributed by atoms with E-state index in [0.29, 0.717) is 0 Å². The van der Waals surface area contributed by atoms with Gasteiger partial charge >= 0.3 is 216 Å². The first-order chi connectivity index (χ1) is 12.7. The molecule has 2 N–H and O–H groups in total. The summed E-state index contributed by atoms with van der Waals surface area (Å²) in [6.07, 6.45) is 0. The Morgan fingerprint density at radius 3 is 0.893 bits per heavy atom. The second kappa shape index (κ2) is 8.45. The molecule has 0 amide bonds. The summed E-state index contributed by atoms with van der Waals surface area (Å²) in [6, 6.07) is 21.2. The van der Waals surface area contributed by atoms with Gasteiger partial charge < -0.3 is 0 Å². The zero-order valence-corrected chi connectivity index (χ0v) is 16.5. The van der Waals surface area contributed by atoms with Crippen molar-refractivity contribution < 1.29 is 25.9 Å². The van der Waals surface area contributed by atoms with E-state index >= 15 is 0 Å². The fraction of sp³-hybridized carbons (Fsp3) is 0. The summed E-state index contributed by atoms with van der Waals surface area (Å²) < 4.78 is 73.5. The van der Waals surface area contributed by atoms with E-state index in [2.05, 4.69) is 0 Å². The molecule has 0 heterocycles. The fourth-order valence-corrected chi connectivity index (χ4v) is 18.2. The van der Waals surface area contributed by atoms with Gasteiger partial charge in [-0.15, -0.1) is 0 Å². The van der Waals surface area contributed by atoms with Crippen LogP contribution in [0.5, 0.6) is 0 Å². The predicted molar refractivity (Wildman–Crippen MR) is 115 cm³/mol. The minimum atomic E-state index is -5.85. The van der Waals surface area contributed by atoms with Crippen molar-refractivity contribution in [2.24, 2.45) is 0 Å². The van der Waals surface area contributed by atoms with Gasteiger partial charge in [0, 0.05) is 0 Å². The molecule has 0 spiro atoms. The molecule has 3 aromatic rings. The van der Waals surface area contributed by atoms with Crippen LogP contribution in [0.3, 0.4) is 0 Å². The second-order valence-corrected chi connectivity index (χ2v) is 19.0. The summed E-state index contributed by atoms with van der Waals surface area (Å²) in [5, 5.41) is -6.46. The van der Waals surface area contributed by atoms with Gasteiger partial charge in [0.1, 0.15) is 0 Å². The van der Waals surface area contributed by atoms with Crippen LogP contribution in [0.25, 0.3) is 0 Å². The summed E-state index contributed by atoms with van der Waals surface area (Å²) >= 11 is 0. The van der Waals surface area contributed by atoms with Crippen molar-refractivity contribution >= 4 is 98.6 Å². The Morgan fingerprint density at radius 1 is 0.500 bits per heavy atom. The maximum atomic E-state index is 13.1. The van der Waals surface area contributed by atoms with Gasteiger partial charge in [0.25, 0.3) is 0 Å². The van der Waals surface area contributed by atoms with E-state index in [4.69, 9.17) is 0 Å². The number of hydrogen-bond donors (Lipinski definition) is 2. The van der Waals surface area contributed by atoms with Gasteiger partial charge in [0.15, 0.2) is 0 Å². The Labute approximate surface area is 212 Å². The van der Waals surface area contributed by atoms with Crippen molar-refractivity contribution in [3.05, 3.63) is 91.0 Å². The third kappa shape index (κ3) is 3.05. The number of benzene rings is 3. The van der Waals surface area contributed by atoms with E-state index < -0.39 is 24.5 Å². The van der Waals surface area contributed by atoms with E-state index in [1.807, 2.05) is 0 Å². The zero-order valence-electron chi connectivity index (χ0n) is 14.0. The summed E-state index contributed by atoms with van der Waals surface area (Å²) in [5.41, 5.74) is 0. The Bertz CT molecular complexity index is 1030. The molecule has 0 bridgehead atoms. The van der Waals surface area contributed by atoms with E-state index in [0.717, 1.165) is 0 Å². The van der Waals surface area contributed by atoms with E-state index in [1.165, 1.54) is 72.8 Å². The third-order valence-electron chi connectivity index (χ3n) is 4.56. The number of rotatable bonds is 5. The Balaban J connectivity index is 0.00000280. The summed E-state index contributed by atoms with van der Waals surface area (Å²) in [7, 11) is -10.8. The zero-order chi connectivity index (χ0) is 19.8. The average molecular weight is 511 g/mol. The molecule has 0 atom stereocenters. The van der Waals surface area contributed by atoms with Crippen molar-refractivity contribution in [3.63, 3.8) is 0 Å². The van der Waals surface area contributed by atoms with Gasteiger partial charge in [-0.1, -0.05) is 0 Å². The van der Waals surface area contributed by atoms with Crippen LogP contribution in [0.2, 0.25) is 0 Å². The Hall–Kier alpha value is -0.285. The topological polar surface area (TPSA) is 109 Å². The molecule has 0 aromatic heterocycles. The van der Waals surface area contributed by atoms with Gasteiger partial charge in [-0.2, -0.15) is 0 Å². The first-order valence-corrected chi connectivity index (χ1v) is 14.1. The van der Waals surface area contributed by atoms with Crippen molar-refractivity contribution in [2.45, 2.75) is 0 Å². The first kappa shape index (κ1) is 24.0. The van der Waals surface area contributed by atoms with Crippen LogP contribution < -0.4 is 15.9 Å². The van der Waals surface area contributed by atoms with Crippen molar-refractivity contribution in [1.29, 1.82) is 0 Å². The summed E-state index contributed by atoms with van der Waals surface area (Å²) in [5.74, 6) is 0. The molecular formula is C18H18O6PRbS2. The van der Waals surface area contributed by atoms with Gasteiger partial charge in [0.2, 0.25) is 0 Å². The fourth-order valence-electron chi connectivity index (χ4n) is 3.46. The van der Waals surface area contributed by atoms with Crippen molar-refractivity contribution in [1.82, 2.24) is 0 Å². The minimum absolute atomic E-state index is 0. The molecule has 0 radical (unpaired) electrons. The maximum absolute atomic E-state index is 13.1. The molecule has 0 unspecified atom stereocenters. The van der Waals surface area contributed by atoms with Crippen LogP contribution in [0.1, 0.15) is 0 Å². The molecular weight excluding hydrogens is 493 g/mol. The Morgan fingerprint density at radius 2 is 0.714 bits per heavy atom. The van der Waals surface area contributed by atoms with Gasteiger partial charge in [0.05, 0.1) is 0 Å². The molecule has 0 aliphatic heterocycles. The molecule has 0 saturated heterocycles. The third-order valence-corrected chi connectivity index (χ3v) is 22.5. The van der Waals surface area contributed by atoms with Crippen molar-refractivity contribution in [2.75, 3.05) is 0 Å². The van der Waals surface area contributed by atoms with Gasteiger partial charge in [-0.25, -0.2) is 0 Å². The first-order valence-electron chi connectivity index (χ1n) is 7.80. The standard InChI is InChI=1S/C18H17O6PS2.Rb.H/c19-26(20,21)25(27(22,23)24,16-10-4-1-5-11-16,17-12-6-2-7-13-17)18-14-8-3-9-15-18;;/h1-15H,(H,19,20,21)(H,22,23,24);;. The van der Waals surface area contributed by atoms with Crippen LogP contribution in [0.15, 0.2) is 91.0 Å².